The largest absolute Gasteiger partial charge is 0.354 e. The van der Waals surface area contributed by atoms with E-state index in [0.717, 1.165) is 15.7 Å². The molecule has 0 aromatic heterocycles. The van der Waals surface area contributed by atoms with Gasteiger partial charge < -0.3 is 16.0 Å². The van der Waals surface area contributed by atoms with E-state index in [1.165, 1.54) is 0 Å². The molecule has 5 nitrogen and oxygen atoms in total. The summed E-state index contributed by atoms with van der Waals surface area (Å²) < 4.78 is 0.984. The number of nitrogens with one attached hydrogen (secondary N) is 3. The van der Waals surface area contributed by atoms with E-state index in [1.807, 2.05) is 18.2 Å². The average Bonchev–Trinajstić information content (AvgIpc) is 2.76. The van der Waals surface area contributed by atoms with Crippen molar-refractivity contribution in [1.29, 1.82) is 0 Å². The second-order valence-corrected chi connectivity index (χ2v) is 6.11. The van der Waals surface area contributed by atoms with Gasteiger partial charge in [0.05, 0.1) is 6.04 Å². The molecule has 20 heavy (non-hydrogen) atoms. The van der Waals surface area contributed by atoms with E-state index in [0.29, 0.717) is 18.9 Å². The van der Waals surface area contributed by atoms with Gasteiger partial charge in [0, 0.05) is 23.1 Å². The molecule has 0 saturated carbocycles. The Morgan fingerprint density at radius 1 is 1.45 bits per heavy atom. The van der Waals surface area contributed by atoms with E-state index in [9.17, 15) is 9.59 Å². The molecule has 1 atom stereocenters. The second-order valence-electron chi connectivity index (χ2n) is 5.19. The van der Waals surface area contributed by atoms with Crippen LogP contribution >= 0.6 is 15.9 Å². The quantitative estimate of drug-likeness (QED) is 0.792. The van der Waals surface area contributed by atoms with Gasteiger partial charge in [-0.3, -0.25) is 4.79 Å². The van der Waals surface area contributed by atoms with E-state index in [-0.39, 0.29) is 18.0 Å². The van der Waals surface area contributed by atoms with Gasteiger partial charge in [0.2, 0.25) is 5.91 Å². The van der Waals surface area contributed by atoms with Crippen LogP contribution in [0, 0.1) is 0 Å². The predicted octanol–water partition coefficient (Wildman–Crippen LogP) is 2.58. The summed E-state index contributed by atoms with van der Waals surface area (Å²) in [5.74, 6) is 0.277. The lowest BCUT2D eigenvalue weighted by atomic mass is 10.0. The Bertz CT molecular complexity index is 531. The highest BCUT2D eigenvalue weighted by Crippen LogP contribution is 2.27. The molecule has 1 aliphatic rings. The first-order valence-electron chi connectivity index (χ1n) is 6.59. The molecule has 0 aliphatic carbocycles. The Kier molecular flexibility index (Phi) is 4.65. The Balaban J connectivity index is 2.02. The average molecular weight is 340 g/mol. The van der Waals surface area contributed by atoms with E-state index in [1.54, 1.807) is 0 Å². The molecule has 0 bridgehead atoms. The molecular weight excluding hydrogens is 322 g/mol. The fraction of sp³-hybridized carbons (Fsp3) is 0.429. The molecule has 1 aromatic carbocycles. The van der Waals surface area contributed by atoms with Crippen LogP contribution in [0.1, 0.15) is 31.7 Å². The molecule has 1 aromatic rings. The van der Waals surface area contributed by atoms with Gasteiger partial charge in [-0.25, -0.2) is 4.79 Å². The fourth-order valence-corrected chi connectivity index (χ4v) is 2.55. The smallest absolute Gasteiger partial charge is 0.319 e. The van der Waals surface area contributed by atoms with Gasteiger partial charge in [0.15, 0.2) is 0 Å². The lowest BCUT2D eigenvalue weighted by Crippen LogP contribution is -2.39. The molecule has 108 valence electrons. The summed E-state index contributed by atoms with van der Waals surface area (Å²) in [5.41, 5.74) is 1.85. The zero-order valence-corrected chi connectivity index (χ0v) is 13.1. The SMILES string of the molecule is CC(C)c1cc(Br)ccc1NC(=O)N[C@@H]1CNC(=O)C1. The third-order valence-electron chi connectivity index (χ3n) is 3.20. The van der Waals surface area contributed by atoms with Gasteiger partial charge in [-0.15, -0.1) is 0 Å². The molecule has 1 saturated heterocycles. The van der Waals surface area contributed by atoms with Crippen molar-refractivity contribution in [2.24, 2.45) is 0 Å². The molecule has 1 fully saturated rings. The summed E-state index contributed by atoms with van der Waals surface area (Å²) in [6, 6.07) is 5.34. The summed E-state index contributed by atoms with van der Waals surface area (Å²) in [6.45, 7) is 4.64. The Morgan fingerprint density at radius 2 is 2.20 bits per heavy atom. The van der Waals surface area contributed by atoms with Gasteiger partial charge in [0.25, 0.3) is 0 Å². The van der Waals surface area contributed by atoms with Crippen molar-refractivity contribution in [3.8, 4) is 0 Å². The third-order valence-corrected chi connectivity index (χ3v) is 3.69. The number of carbonyl (C=O) groups excluding carboxylic acids is 2. The van der Waals surface area contributed by atoms with Crippen LogP contribution in [0.15, 0.2) is 22.7 Å². The summed E-state index contributed by atoms with van der Waals surface area (Å²) in [4.78, 5) is 23.0. The maximum absolute atomic E-state index is 12.0. The van der Waals surface area contributed by atoms with E-state index < -0.39 is 0 Å². The topological polar surface area (TPSA) is 70.2 Å². The lowest BCUT2D eigenvalue weighted by molar-refractivity contribution is -0.119. The van der Waals surface area contributed by atoms with Crippen molar-refractivity contribution in [2.75, 3.05) is 11.9 Å². The van der Waals surface area contributed by atoms with Crippen LogP contribution in [0.2, 0.25) is 0 Å². The van der Waals surface area contributed by atoms with Crippen LogP contribution in [-0.4, -0.2) is 24.5 Å². The molecule has 0 radical (unpaired) electrons. The Labute approximate surface area is 126 Å². The molecular formula is C14H18BrN3O2. The van der Waals surface area contributed by atoms with Crippen LogP contribution < -0.4 is 16.0 Å². The minimum atomic E-state index is -0.282. The van der Waals surface area contributed by atoms with Crippen molar-refractivity contribution in [3.63, 3.8) is 0 Å². The number of urea groups is 1. The zero-order chi connectivity index (χ0) is 14.7. The number of hydrogen-bond donors (Lipinski definition) is 3. The zero-order valence-electron chi connectivity index (χ0n) is 11.5. The van der Waals surface area contributed by atoms with Crippen LogP contribution in [0.3, 0.4) is 0 Å². The first-order valence-corrected chi connectivity index (χ1v) is 7.38. The standard InChI is InChI=1S/C14H18BrN3O2/c1-8(2)11-5-9(15)3-4-12(11)18-14(20)17-10-6-13(19)16-7-10/h3-5,8,10H,6-7H2,1-2H3,(H,16,19)(H2,17,18,20)/t10-/m0/s1. The van der Waals surface area contributed by atoms with Crippen molar-refractivity contribution < 1.29 is 9.59 Å². The van der Waals surface area contributed by atoms with Crippen LogP contribution in [0.5, 0.6) is 0 Å². The van der Waals surface area contributed by atoms with Gasteiger partial charge in [-0.05, 0) is 29.7 Å². The summed E-state index contributed by atoms with van der Waals surface area (Å²) in [5, 5.41) is 8.33. The highest BCUT2D eigenvalue weighted by Gasteiger charge is 2.23. The number of carbonyl (C=O) groups is 2. The highest BCUT2D eigenvalue weighted by molar-refractivity contribution is 9.10. The first kappa shape index (κ1) is 14.8. The molecule has 3 N–H and O–H groups in total. The number of halogens is 1. The molecule has 0 spiro atoms. The molecule has 2 rings (SSSR count). The van der Waals surface area contributed by atoms with Crippen molar-refractivity contribution in [3.05, 3.63) is 28.2 Å². The Morgan fingerprint density at radius 3 is 2.80 bits per heavy atom. The van der Waals surface area contributed by atoms with Crippen molar-refractivity contribution >= 4 is 33.6 Å². The van der Waals surface area contributed by atoms with E-state index in [4.69, 9.17) is 0 Å². The highest BCUT2D eigenvalue weighted by atomic mass is 79.9. The molecule has 1 heterocycles. The molecule has 1 aliphatic heterocycles. The number of hydrogen-bond acceptors (Lipinski definition) is 2. The van der Waals surface area contributed by atoms with Crippen LogP contribution in [0.25, 0.3) is 0 Å². The number of rotatable bonds is 3. The number of amides is 3. The van der Waals surface area contributed by atoms with E-state index >= 15 is 0 Å². The maximum Gasteiger partial charge on any atom is 0.319 e. The van der Waals surface area contributed by atoms with Crippen LogP contribution in [-0.2, 0) is 4.79 Å². The van der Waals surface area contributed by atoms with Crippen LogP contribution in [0.4, 0.5) is 10.5 Å². The second kappa shape index (κ2) is 6.26. The lowest BCUT2D eigenvalue weighted by Gasteiger charge is -2.16. The van der Waals surface area contributed by atoms with Crippen molar-refractivity contribution in [1.82, 2.24) is 10.6 Å². The Hall–Kier alpha value is -1.56. The number of benzene rings is 1. The molecule has 3 amide bonds. The number of anilines is 1. The molecule has 6 heteroatoms. The summed E-state index contributed by atoms with van der Waals surface area (Å²) >= 11 is 3.43. The maximum atomic E-state index is 12.0. The van der Waals surface area contributed by atoms with Crippen molar-refractivity contribution in [2.45, 2.75) is 32.2 Å². The minimum Gasteiger partial charge on any atom is -0.354 e. The first-order chi connectivity index (χ1) is 9.45. The summed E-state index contributed by atoms with van der Waals surface area (Å²) in [6.07, 6.45) is 0.338. The van der Waals surface area contributed by atoms with Gasteiger partial charge in [-0.2, -0.15) is 0 Å². The van der Waals surface area contributed by atoms with Gasteiger partial charge in [-0.1, -0.05) is 29.8 Å². The monoisotopic (exact) mass is 339 g/mol. The molecule has 0 unspecified atom stereocenters. The fourth-order valence-electron chi connectivity index (χ4n) is 2.18. The minimum absolute atomic E-state index is 0.0261. The van der Waals surface area contributed by atoms with E-state index in [2.05, 4.69) is 45.7 Å². The van der Waals surface area contributed by atoms with Gasteiger partial charge in [0.1, 0.15) is 0 Å². The predicted molar refractivity (Wildman–Crippen MR) is 81.8 cm³/mol. The third kappa shape index (κ3) is 3.72. The summed E-state index contributed by atoms with van der Waals surface area (Å²) in [7, 11) is 0. The van der Waals surface area contributed by atoms with Gasteiger partial charge >= 0.3 is 6.03 Å². The normalized spacial score (nSPS) is 18.0.